The lowest BCUT2D eigenvalue weighted by Crippen LogP contribution is -2.24. The van der Waals surface area contributed by atoms with Gasteiger partial charge in [-0.2, -0.15) is 0 Å². The normalized spacial score (nSPS) is 10.2. The lowest BCUT2D eigenvalue weighted by molar-refractivity contribution is -0.131. The lowest BCUT2D eigenvalue weighted by atomic mass is 10.3. The zero-order valence-corrected chi connectivity index (χ0v) is 9.92. The molecule has 0 saturated heterocycles. The minimum Gasteiger partial charge on any atom is -0.478 e. The molecule has 1 rings (SSSR count). The van der Waals surface area contributed by atoms with E-state index in [9.17, 15) is 9.59 Å². The number of hydrogen-bond donors (Lipinski definition) is 3. The van der Waals surface area contributed by atoms with Crippen molar-refractivity contribution in [2.75, 3.05) is 5.32 Å². The topological polar surface area (TPSA) is 78.4 Å². The number of carboxylic acids is 1. The van der Waals surface area contributed by atoms with Gasteiger partial charge in [-0.25, -0.2) is 9.59 Å². The maximum absolute atomic E-state index is 11.2. The van der Waals surface area contributed by atoms with Crippen LogP contribution in [0.2, 0.25) is 10.0 Å². The third-order valence-corrected chi connectivity index (χ3v) is 2.36. The summed E-state index contributed by atoms with van der Waals surface area (Å²) >= 11 is 11.4. The van der Waals surface area contributed by atoms with Crippen LogP contribution in [0.5, 0.6) is 0 Å². The number of urea groups is 1. The Morgan fingerprint density at radius 3 is 2.53 bits per heavy atom. The lowest BCUT2D eigenvalue weighted by Gasteiger charge is -2.05. The number of carbonyl (C=O) groups excluding carboxylic acids is 1. The van der Waals surface area contributed by atoms with Crippen LogP contribution in [0, 0.1) is 0 Å². The quantitative estimate of drug-likeness (QED) is 0.742. The van der Waals surface area contributed by atoms with Gasteiger partial charge in [-0.1, -0.05) is 23.2 Å². The van der Waals surface area contributed by atoms with Gasteiger partial charge < -0.3 is 15.7 Å². The van der Waals surface area contributed by atoms with Gasteiger partial charge in [0, 0.05) is 18.0 Å². The molecule has 0 saturated carbocycles. The van der Waals surface area contributed by atoms with Crippen molar-refractivity contribution >= 4 is 40.9 Å². The summed E-state index contributed by atoms with van der Waals surface area (Å²) in [5.74, 6) is -1.15. The fraction of sp³-hybridized carbons (Fsp3) is 0. The number of anilines is 1. The summed E-state index contributed by atoms with van der Waals surface area (Å²) in [5, 5.41) is 13.6. The second-order valence-corrected chi connectivity index (χ2v) is 3.71. The monoisotopic (exact) mass is 274 g/mol. The highest BCUT2D eigenvalue weighted by Crippen LogP contribution is 2.24. The van der Waals surface area contributed by atoms with Crippen LogP contribution in [-0.4, -0.2) is 17.1 Å². The molecule has 0 aliphatic carbocycles. The van der Waals surface area contributed by atoms with E-state index in [1.165, 1.54) is 12.1 Å². The average molecular weight is 275 g/mol. The third kappa shape index (κ3) is 4.76. The molecule has 1 aromatic rings. The van der Waals surface area contributed by atoms with Gasteiger partial charge in [0.15, 0.2) is 0 Å². The standard InChI is InChI=1S/C10H8Cl2N2O3/c11-7-2-1-6(5-8(7)12)14-10(17)13-4-3-9(15)16/h1-5H,(H,15,16)(H2,13,14,17)/b4-3+. The molecule has 3 N–H and O–H groups in total. The zero-order valence-electron chi connectivity index (χ0n) is 8.41. The Kier molecular flexibility index (Phi) is 4.81. The van der Waals surface area contributed by atoms with Gasteiger partial charge in [0.05, 0.1) is 10.0 Å². The molecule has 0 bridgehead atoms. The van der Waals surface area contributed by atoms with Gasteiger partial charge in [0.1, 0.15) is 0 Å². The molecule has 0 radical (unpaired) electrons. The molecule has 90 valence electrons. The van der Waals surface area contributed by atoms with Crippen LogP contribution >= 0.6 is 23.2 Å². The number of carboxylic acid groups (broad SMARTS) is 1. The van der Waals surface area contributed by atoms with Crippen molar-refractivity contribution < 1.29 is 14.7 Å². The molecule has 17 heavy (non-hydrogen) atoms. The molecule has 1 aromatic carbocycles. The smallest absolute Gasteiger partial charge is 0.329 e. The van der Waals surface area contributed by atoms with Gasteiger partial charge in [-0.3, -0.25) is 0 Å². The first kappa shape index (κ1) is 13.3. The Balaban J connectivity index is 2.56. The van der Waals surface area contributed by atoms with E-state index in [2.05, 4.69) is 10.6 Å². The fourth-order valence-electron chi connectivity index (χ4n) is 0.930. The van der Waals surface area contributed by atoms with Crippen LogP contribution in [0.1, 0.15) is 0 Å². The Labute approximate surface area is 107 Å². The molecule has 0 aliphatic rings. The zero-order chi connectivity index (χ0) is 12.8. The number of aliphatic carboxylic acids is 1. The Morgan fingerprint density at radius 2 is 1.94 bits per heavy atom. The summed E-state index contributed by atoms with van der Waals surface area (Å²) in [5.41, 5.74) is 0.445. The highest BCUT2D eigenvalue weighted by atomic mass is 35.5. The predicted octanol–water partition coefficient (Wildman–Crippen LogP) is 2.71. The van der Waals surface area contributed by atoms with Crippen LogP contribution in [0.25, 0.3) is 0 Å². The number of amides is 2. The highest BCUT2D eigenvalue weighted by Gasteiger charge is 2.02. The van der Waals surface area contributed by atoms with Crippen molar-refractivity contribution in [1.29, 1.82) is 0 Å². The minimum absolute atomic E-state index is 0.311. The van der Waals surface area contributed by atoms with Gasteiger partial charge in [-0.15, -0.1) is 0 Å². The van der Waals surface area contributed by atoms with E-state index in [4.69, 9.17) is 28.3 Å². The molecule has 0 unspecified atom stereocenters. The van der Waals surface area contributed by atoms with E-state index in [1.54, 1.807) is 6.07 Å². The van der Waals surface area contributed by atoms with Gasteiger partial charge in [0.25, 0.3) is 0 Å². The largest absolute Gasteiger partial charge is 0.478 e. The second-order valence-electron chi connectivity index (χ2n) is 2.90. The number of benzene rings is 1. The van der Waals surface area contributed by atoms with Crippen molar-refractivity contribution in [2.45, 2.75) is 0 Å². The summed E-state index contributed by atoms with van der Waals surface area (Å²) < 4.78 is 0. The molecule has 0 aromatic heterocycles. The fourth-order valence-corrected chi connectivity index (χ4v) is 1.23. The van der Waals surface area contributed by atoms with Crippen molar-refractivity contribution in [1.82, 2.24) is 5.32 Å². The molecular formula is C10H8Cl2N2O3. The molecule has 0 fully saturated rings. The van der Waals surface area contributed by atoms with E-state index in [-0.39, 0.29) is 0 Å². The first-order valence-corrected chi connectivity index (χ1v) is 5.16. The average Bonchev–Trinajstić information content (AvgIpc) is 2.23. The predicted molar refractivity (Wildman–Crippen MR) is 65.4 cm³/mol. The molecule has 0 aliphatic heterocycles. The Morgan fingerprint density at radius 1 is 1.24 bits per heavy atom. The van der Waals surface area contributed by atoms with E-state index < -0.39 is 12.0 Å². The van der Waals surface area contributed by atoms with Crippen molar-refractivity contribution in [2.24, 2.45) is 0 Å². The summed E-state index contributed by atoms with van der Waals surface area (Å²) in [6, 6.07) is 3.99. The minimum atomic E-state index is -1.15. The number of hydrogen-bond acceptors (Lipinski definition) is 2. The van der Waals surface area contributed by atoms with Gasteiger partial charge in [0.2, 0.25) is 0 Å². The summed E-state index contributed by atoms with van der Waals surface area (Å²) in [7, 11) is 0. The first-order chi connectivity index (χ1) is 7.99. The van der Waals surface area contributed by atoms with Crippen molar-refractivity contribution in [3.63, 3.8) is 0 Å². The third-order valence-electron chi connectivity index (χ3n) is 1.62. The molecule has 0 spiro atoms. The Hall–Kier alpha value is -1.72. The molecular weight excluding hydrogens is 267 g/mol. The van der Waals surface area contributed by atoms with Crippen LogP contribution in [0.3, 0.4) is 0 Å². The molecule has 5 nitrogen and oxygen atoms in total. The van der Waals surface area contributed by atoms with Gasteiger partial charge >= 0.3 is 12.0 Å². The first-order valence-electron chi connectivity index (χ1n) is 4.41. The van der Waals surface area contributed by atoms with Crippen LogP contribution in [0.4, 0.5) is 10.5 Å². The Bertz CT molecular complexity index is 475. The van der Waals surface area contributed by atoms with Crippen LogP contribution in [0.15, 0.2) is 30.5 Å². The maximum Gasteiger partial charge on any atom is 0.329 e. The van der Waals surface area contributed by atoms with E-state index in [1.807, 2.05) is 0 Å². The number of carbonyl (C=O) groups is 2. The summed E-state index contributed by atoms with van der Waals surface area (Å²) in [6.45, 7) is 0. The van der Waals surface area contributed by atoms with Crippen LogP contribution in [-0.2, 0) is 4.79 Å². The maximum atomic E-state index is 11.2. The van der Waals surface area contributed by atoms with E-state index in [0.717, 1.165) is 12.3 Å². The SMILES string of the molecule is O=C(O)/C=C/NC(=O)Nc1ccc(Cl)c(Cl)c1. The number of halogens is 2. The summed E-state index contributed by atoms with van der Waals surface area (Å²) in [4.78, 5) is 21.4. The van der Waals surface area contributed by atoms with E-state index >= 15 is 0 Å². The van der Waals surface area contributed by atoms with Crippen LogP contribution < -0.4 is 10.6 Å². The van der Waals surface area contributed by atoms with E-state index in [0.29, 0.717) is 15.7 Å². The molecule has 7 heteroatoms. The molecule has 0 heterocycles. The second kappa shape index (κ2) is 6.12. The van der Waals surface area contributed by atoms with Crippen molar-refractivity contribution in [3.8, 4) is 0 Å². The van der Waals surface area contributed by atoms with Gasteiger partial charge in [-0.05, 0) is 18.2 Å². The van der Waals surface area contributed by atoms with Crippen molar-refractivity contribution in [3.05, 3.63) is 40.5 Å². The summed E-state index contributed by atoms with van der Waals surface area (Å²) in [6.07, 6.45) is 1.81. The number of rotatable bonds is 3. The number of nitrogens with one attached hydrogen (secondary N) is 2. The molecule has 0 atom stereocenters. The highest BCUT2D eigenvalue weighted by molar-refractivity contribution is 6.42. The molecule has 2 amide bonds.